The maximum absolute atomic E-state index is 6.38. The Hall–Kier alpha value is -6.84. The van der Waals surface area contributed by atoms with Crippen LogP contribution in [0.1, 0.15) is 0 Å². The molecule has 0 aliphatic heterocycles. The first-order valence-corrected chi connectivity index (χ1v) is 17.3. The van der Waals surface area contributed by atoms with E-state index in [-0.39, 0.29) is 0 Å². The number of rotatable bonds is 6. The third-order valence-electron chi connectivity index (χ3n) is 10.0. The largest absolute Gasteiger partial charge is 0.456 e. The maximum Gasteiger partial charge on any atom is 0.136 e. The minimum atomic E-state index is 0.883. The molecule has 51 heavy (non-hydrogen) atoms. The van der Waals surface area contributed by atoms with Gasteiger partial charge < -0.3 is 14.3 Å². The Bertz CT molecular complexity index is 2750. The zero-order valence-corrected chi connectivity index (χ0v) is 27.8. The molecule has 1 N–H and O–H groups in total. The van der Waals surface area contributed by atoms with Gasteiger partial charge in [-0.15, -0.1) is 0 Å². The van der Waals surface area contributed by atoms with Gasteiger partial charge in [-0.25, -0.2) is 0 Å². The van der Waals surface area contributed by atoms with E-state index in [2.05, 4.69) is 186 Å². The van der Waals surface area contributed by atoms with Gasteiger partial charge in [0.15, 0.2) is 0 Å². The lowest BCUT2D eigenvalue weighted by Crippen LogP contribution is -2.10. The number of anilines is 3. The number of nitrogens with one attached hydrogen (secondary N) is 1. The van der Waals surface area contributed by atoms with E-state index in [4.69, 9.17) is 4.42 Å². The molecule has 3 heteroatoms. The monoisotopic (exact) mass is 652 g/mol. The Labute approximate surface area is 295 Å². The summed E-state index contributed by atoms with van der Waals surface area (Å²) in [6, 6.07) is 66.9. The molecule has 3 nitrogen and oxygen atoms in total. The second-order valence-electron chi connectivity index (χ2n) is 13.0. The zero-order chi connectivity index (χ0) is 33.7. The van der Waals surface area contributed by atoms with E-state index in [0.717, 1.165) is 61.2 Å². The van der Waals surface area contributed by atoms with Crippen LogP contribution >= 0.6 is 0 Å². The first kappa shape index (κ1) is 29.1. The number of nitrogens with zero attached hydrogens (tertiary/aromatic N) is 1. The lowest BCUT2D eigenvalue weighted by molar-refractivity contribution is 0.669. The highest BCUT2D eigenvalue weighted by Crippen LogP contribution is 2.45. The van der Waals surface area contributed by atoms with Gasteiger partial charge in [0, 0.05) is 49.7 Å². The standard InChI is InChI=1S/C48H32N2O/c1-3-12-32(13-4-1)34-22-26-36(27-23-34)50(37-28-24-35(25-29-37)33-14-5-2-6-15-33)38-30-42-39-16-7-9-19-44(39)49-48(42)43(31-38)40-18-11-21-46-47(40)41-17-8-10-20-45(41)51-46/h1-31,49H. The smallest absolute Gasteiger partial charge is 0.136 e. The molecule has 0 amide bonds. The molecule has 0 bridgehead atoms. The molecule has 0 spiro atoms. The average molecular weight is 653 g/mol. The summed E-state index contributed by atoms with van der Waals surface area (Å²) in [5.41, 5.74) is 14.3. The van der Waals surface area contributed by atoms with Crippen LogP contribution in [-0.4, -0.2) is 4.98 Å². The van der Waals surface area contributed by atoms with E-state index >= 15 is 0 Å². The van der Waals surface area contributed by atoms with Gasteiger partial charge in [0.2, 0.25) is 0 Å². The van der Waals surface area contributed by atoms with Gasteiger partial charge in [-0.05, 0) is 82.4 Å². The number of benzene rings is 8. The molecule has 10 aromatic rings. The molecule has 0 saturated carbocycles. The van der Waals surface area contributed by atoms with Crippen molar-refractivity contribution in [3.8, 4) is 33.4 Å². The van der Waals surface area contributed by atoms with Gasteiger partial charge in [-0.2, -0.15) is 0 Å². The predicted octanol–water partition coefficient (Wildman–Crippen LogP) is 13.7. The first-order valence-electron chi connectivity index (χ1n) is 17.3. The van der Waals surface area contributed by atoms with Crippen LogP contribution in [0.15, 0.2) is 192 Å². The van der Waals surface area contributed by atoms with E-state index in [1.54, 1.807) is 0 Å². The molecule has 10 rings (SSSR count). The molecule has 2 aromatic heterocycles. The van der Waals surface area contributed by atoms with Crippen molar-refractivity contribution >= 4 is 60.8 Å². The van der Waals surface area contributed by atoms with Crippen molar-refractivity contribution < 1.29 is 4.42 Å². The van der Waals surface area contributed by atoms with Crippen LogP contribution < -0.4 is 4.90 Å². The summed E-state index contributed by atoms with van der Waals surface area (Å²) in [5, 5.41) is 4.60. The summed E-state index contributed by atoms with van der Waals surface area (Å²) in [6.07, 6.45) is 0. The van der Waals surface area contributed by atoms with Crippen molar-refractivity contribution in [3.05, 3.63) is 188 Å². The van der Waals surface area contributed by atoms with Gasteiger partial charge in [0.1, 0.15) is 11.2 Å². The highest BCUT2D eigenvalue weighted by Gasteiger charge is 2.21. The summed E-state index contributed by atoms with van der Waals surface area (Å²) in [5.74, 6) is 0. The Balaban J connectivity index is 1.23. The molecule has 0 saturated heterocycles. The Morgan fingerprint density at radius 1 is 0.373 bits per heavy atom. The molecule has 2 heterocycles. The normalized spacial score (nSPS) is 11.5. The summed E-state index contributed by atoms with van der Waals surface area (Å²) in [6.45, 7) is 0. The predicted molar refractivity (Wildman–Crippen MR) is 214 cm³/mol. The van der Waals surface area contributed by atoms with Gasteiger partial charge in [0.05, 0.1) is 5.52 Å². The minimum absolute atomic E-state index is 0.883. The van der Waals surface area contributed by atoms with Gasteiger partial charge >= 0.3 is 0 Å². The SMILES string of the molecule is c1ccc(-c2ccc(N(c3ccc(-c4ccccc4)cc3)c3cc(-c4cccc5oc6ccccc6c45)c4[nH]c5ccccc5c4c3)cc2)cc1. The van der Waals surface area contributed by atoms with Crippen LogP contribution in [0.4, 0.5) is 17.1 Å². The van der Waals surface area contributed by atoms with Gasteiger partial charge in [-0.1, -0.05) is 133 Å². The number of fused-ring (bicyclic) bond motifs is 6. The molecule has 8 aromatic carbocycles. The van der Waals surface area contributed by atoms with Crippen molar-refractivity contribution in [1.82, 2.24) is 4.98 Å². The highest BCUT2D eigenvalue weighted by molar-refractivity contribution is 6.19. The third kappa shape index (κ3) is 4.98. The molecular formula is C48H32N2O. The van der Waals surface area contributed by atoms with E-state index < -0.39 is 0 Å². The molecule has 0 radical (unpaired) electrons. The molecule has 0 aliphatic rings. The van der Waals surface area contributed by atoms with Gasteiger partial charge in [-0.3, -0.25) is 0 Å². The third-order valence-corrected chi connectivity index (χ3v) is 10.0. The Morgan fingerprint density at radius 3 is 1.59 bits per heavy atom. The number of para-hydroxylation sites is 2. The highest BCUT2D eigenvalue weighted by atomic mass is 16.3. The molecule has 0 aliphatic carbocycles. The summed E-state index contributed by atoms with van der Waals surface area (Å²) in [7, 11) is 0. The molecule has 0 atom stereocenters. The second kappa shape index (κ2) is 11.9. The van der Waals surface area contributed by atoms with Crippen molar-refractivity contribution in [2.45, 2.75) is 0 Å². The summed E-state index contributed by atoms with van der Waals surface area (Å²) < 4.78 is 6.38. The van der Waals surface area contributed by atoms with Crippen molar-refractivity contribution in [1.29, 1.82) is 0 Å². The van der Waals surface area contributed by atoms with Crippen LogP contribution in [0, 0.1) is 0 Å². The van der Waals surface area contributed by atoms with E-state index in [9.17, 15) is 0 Å². The quantitative estimate of drug-likeness (QED) is 0.194. The average Bonchev–Trinajstić information content (AvgIpc) is 3.78. The fourth-order valence-electron chi connectivity index (χ4n) is 7.59. The number of aromatic amines is 1. The number of H-pyrrole nitrogens is 1. The van der Waals surface area contributed by atoms with Crippen LogP contribution in [0.3, 0.4) is 0 Å². The topological polar surface area (TPSA) is 32.2 Å². The zero-order valence-electron chi connectivity index (χ0n) is 27.8. The van der Waals surface area contributed by atoms with Crippen LogP contribution in [-0.2, 0) is 0 Å². The minimum Gasteiger partial charge on any atom is -0.456 e. The molecule has 0 unspecified atom stereocenters. The van der Waals surface area contributed by atoms with Crippen molar-refractivity contribution in [2.24, 2.45) is 0 Å². The van der Waals surface area contributed by atoms with Crippen LogP contribution in [0.5, 0.6) is 0 Å². The second-order valence-corrected chi connectivity index (χ2v) is 13.0. The fraction of sp³-hybridized carbons (Fsp3) is 0. The molecular weight excluding hydrogens is 621 g/mol. The van der Waals surface area contributed by atoms with Crippen molar-refractivity contribution in [3.63, 3.8) is 0 Å². The van der Waals surface area contributed by atoms with Gasteiger partial charge in [0.25, 0.3) is 0 Å². The van der Waals surface area contributed by atoms with Crippen LogP contribution in [0.25, 0.3) is 77.1 Å². The number of furan rings is 1. The molecule has 240 valence electrons. The number of aromatic nitrogens is 1. The van der Waals surface area contributed by atoms with E-state index in [0.29, 0.717) is 0 Å². The lowest BCUT2D eigenvalue weighted by Gasteiger charge is -2.27. The summed E-state index contributed by atoms with van der Waals surface area (Å²) >= 11 is 0. The lowest BCUT2D eigenvalue weighted by atomic mass is 9.96. The Morgan fingerprint density at radius 2 is 0.922 bits per heavy atom. The van der Waals surface area contributed by atoms with E-state index in [1.165, 1.54) is 33.0 Å². The maximum atomic E-state index is 6.38. The first-order chi connectivity index (χ1) is 25.3. The number of hydrogen-bond donors (Lipinski definition) is 1. The number of hydrogen-bond acceptors (Lipinski definition) is 2. The Kier molecular flexibility index (Phi) is 6.81. The van der Waals surface area contributed by atoms with E-state index in [1.807, 2.05) is 12.1 Å². The van der Waals surface area contributed by atoms with Crippen LogP contribution in [0.2, 0.25) is 0 Å². The fourth-order valence-corrected chi connectivity index (χ4v) is 7.59. The summed E-state index contributed by atoms with van der Waals surface area (Å²) in [4.78, 5) is 6.17. The molecule has 0 fully saturated rings. The van der Waals surface area contributed by atoms with Crippen molar-refractivity contribution in [2.75, 3.05) is 4.90 Å².